The van der Waals surface area contributed by atoms with Crippen molar-refractivity contribution in [1.29, 1.82) is 0 Å². The minimum absolute atomic E-state index is 0.155. The number of benzene rings is 2. The second-order valence-electron chi connectivity index (χ2n) is 5.49. The van der Waals surface area contributed by atoms with Crippen LogP contribution in [0.1, 0.15) is 15.9 Å². The van der Waals surface area contributed by atoms with Crippen LogP contribution in [0, 0.1) is 10.1 Å². The molecule has 0 saturated heterocycles. The van der Waals surface area contributed by atoms with Gasteiger partial charge < -0.3 is 5.32 Å². The summed E-state index contributed by atoms with van der Waals surface area (Å²) < 4.78 is 1.85. The molecule has 3 rings (SSSR count). The van der Waals surface area contributed by atoms with E-state index in [0.717, 1.165) is 5.56 Å². The van der Waals surface area contributed by atoms with Crippen LogP contribution < -0.4 is 5.32 Å². The van der Waals surface area contributed by atoms with Crippen LogP contribution in [0.5, 0.6) is 0 Å². The van der Waals surface area contributed by atoms with Crippen LogP contribution in [0.2, 0.25) is 10.0 Å². The van der Waals surface area contributed by atoms with Gasteiger partial charge in [-0.05, 0) is 45.8 Å². The van der Waals surface area contributed by atoms with Gasteiger partial charge in [0.25, 0.3) is 11.6 Å². The number of hydrogen-bond donors (Lipinski definition) is 1. The summed E-state index contributed by atoms with van der Waals surface area (Å²) in [5.41, 5.74) is 0.742. The van der Waals surface area contributed by atoms with Gasteiger partial charge in [-0.15, -0.1) is 0 Å². The second-order valence-corrected chi connectivity index (χ2v) is 7.19. The number of carbonyl (C=O) groups is 1. The van der Waals surface area contributed by atoms with Crippen LogP contribution in [0.15, 0.2) is 53.1 Å². The monoisotopic (exact) mass is 468 g/mol. The molecule has 3 aromatic rings. The van der Waals surface area contributed by atoms with Gasteiger partial charge in [0.15, 0.2) is 0 Å². The van der Waals surface area contributed by atoms with Crippen molar-refractivity contribution in [3.63, 3.8) is 0 Å². The lowest BCUT2D eigenvalue weighted by molar-refractivity contribution is -0.385. The number of nitro groups is 1. The number of nitro benzene ring substituents is 1. The Hall–Kier alpha value is -2.42. The molecule has 0 saturated carbocycles. The third-order valence-corrected chi connectivity index (χ3v) is 4.96. The molecule has 0 aliphatic heterocycles. The first-order valence-corrected chi connectivity index (χ1v) is 9.11. The number of amides is 1. The van der Waals surface area contributed by atoms with Crippen molar-refractivity contribution in [3.8, 4) is 0 Å². The Labute approximate surface area is 172 Å². The van der Waals surface area contributed by atoms with Crippen molar-refractivity contribution in [2.24, 2.45) is 0 Å². The van der Waals surface area contributed by atoms with Gasteiger partial charge >= 0.3 is 0 Å². The van der Waals surface area contributed by atoms with E-state index in [1.165, 1.54) is 24.4 Å². The third-order valence-electron chi connectivity index (χ3n) is 3.70. The molecule has 7 nitrogen and oxygen atoms in total. The van der Waals surface area contributed by atoms with E-state index in [2.05, 4.69) is 26.3 Å². The number of halogens is 3. The lowest BCUT2D eigenvalue weighted by Gasteiger charge is -2.10. The van der Waals surface area contributed by atoms with Gasteiger partial charge in [0, 0.05) is 27.7 Å². The lowest BCUT2D eigenvalue weighted by atomic mass is 10.2. The molecule has 0 fully saturated rings. The molecule has 0 aliphatic rings. The van der Waals surface area contributed by atoms with Crippen LogP contribution in [0.4, 0.5) is 11.5 Å². The van der Waals surface area contributed by atoms with Crippen molar-refractivity contribution in [2.75, 3.05) is 5.32 Å². The minimum Gasteiger partial charge on any atom is -0.307 e. The smallest absolute Gasteiger partial charge is 0.284 e. The van der Waals surface area contributed by atoms with E-state index in [0.29, 0.717) is 26.9 Å². The van der Waals surface area contributed by atoms with E-state index in [9.17, 15) is 14.9 Å². The molecule has 2 aromatic carbocycles. The van der Waals surface area contributed by atoms with Gasteiger partial charge in [-0.2, -0.15) is 5.10 Å². The van der Waals surface area contributed by atoms with Crippen LogP contribution in [0.25, 0.3) is 0 Å². The van der Waals surface area contributed by atoms with Crippen molar-refractivity contribution in [3.05, 3.63) is 84.4 Å². The molecule has 0 aliphatic carbocycles. The molecule has 1 N–H and O–H groups in total. The summed E-state index contributed by atoms with van der Waals surface area (Å²) in [5.74, 6) is -0.0638. The summed E-state index contributed by atoms with van der Waals surface area (Å²) in [4.78, 5) is 23.0. The standard InChI is InChI=1S/C17H11BrCl2N4O3/c18-13-4-2-10(7-15(13)24(26)27)17(25)22-16-5-6-21-23(16)9-11-1-3-12(19)8-14(11)20/h1-8H,9H2,(H,22,25). The normalized spacial score (nSPS) is 10.6. The third kappa shape index (κ3) is 4.47. The maximum absolute atomic E-state index is 12.5. The van der Waals surface area contributed by atoms with Gasteiger partial charge in [0.1, 0.15) is 5.82 Å². The number of aromatic nitrogens is 2. The molecule has 1 aromatic heterocycles. The van der Waals surface area contributed by atoms with Gasteiger partial charge in [-0.3, -0.25) is 14.9 Å². The first-order chi connectivity index (χ1) is 12.8. The van der Waals surface area contributed by atoms with E-state index in [1.54, 1.807) is 28.9 Å². The van der Waals surface area contributed by atoms with Gasteiger partial charge in [-0.1, -0.05) is 29.3 Å². The van der Waals surface area contributed by atoms with E-state index < -0.39 is 10.8 Å². The Bertz CT molecular complexity index is 1040. The van der Waals surface area contributed by atoms with E-state index >= 15 is 0 Å². The number of rotatable bonds is 5. The number of hydrogen-bond acceptors (Lipinski definition) is 4. The van der Waals surface area contributed by atoms with Crippen molar-refractivity contribution < 1.29 is 9.72 Å². The topological polar surface area (TPSA) is 90.1 Å². The molecular weight excluding hydrogens is 459 g/mol. The zero-order valence-corrected chi connectivity index (χ0v) is 16.6. The largest absolute Gasteiger partial charge is 0.307 e. The number of carbonyl (C=O) groups excluding carboxylic acids is 1. The second kappa shape index (κ2) is 8.08. The van der Waals surface area contributed by atoms with Crippen molar-refractivity contribution in [1.82, 2.24) is 9.78 Å². The fourth-order valence-corrected chi connectivity index (χ4v) is 3.22. The van der Waals surface area contributed by atoms with Crippen molar-refractivity contribution in [2.45, 2.75) is 6.54 Å². The Balaban J connectivity index is 1.81. The quantitative estimate of drug-likeness (QED) is 0.412. The number of anilines is 1. The highest BCUT2D eigenvalue weighted by Gasteiger charge is 2.17. The highest BCUT2D eigenvalue weighted by Crippen LogP contribution is 2.26. The van der Waals surface area contributed by atoms with Crippen LogP contribution in [0.3, 0.4) is 0 Å². The van der Waals surface area contributed by atoms with Gasteiger partial charge in [0.05, 0.1) is 22.1 Å². The molecule has 0 radical (unpaired) electrons. The Morgan fingerprint density at radius 2 is 2.00 bits per heavy atom. The maximum atomic E-state index is 12.5. The molecule has 0 bridgehead atoms. The summed E-state index contributed by atoms with van der Waals surface area (Å²) in [6.45, 7) is 0.319. The summed E-state index contributed by atoms with van der Waals surface area (Å²) in [5, 5.41) is 18.9. The summed E-state index contributed by atoms with van der Waals surface area (Å²) in [6, 6.07) is 10.9. The van der Waals surface area contributed by atoms with Crippen LogP contribution >= 0.6 is 39.1 Å². The average molecular weight is 470 g/mol. The highest BCUT2D eigenvalue weighted by molar-refractivity contribution is 9.10. The highest BCUT2D eigenvalue weighted by atomic mass is 79.9. The summed E-state index contributed by atoms with van der Waals surface area (Å²) in [7, 11) is 0. The van der Waals surface area contributed by atoms with Crippen LogP contribution in [-0.4, -0.2) is 20.6 Å². The fourth-order valence-electron chi connectivity index (χ4n) is 2.36. The molecule has 1 heterocycles. The Morgan fingerprint density at radius 3 is 2.70 bits per heavy atom. The molecule has 27 heavy (non-hydrogen) atoms. The maximum Gasteiger partial charge on any atom is 0.284 e. The van der Waals surface area contributed by atoms with Gasteiger partial charge in [0.2, 0.25) is 0 Å². The predicted molar refractivity (Wildman–Crippen MR) is 107 cm³/mol. The average Bonchev–Trinajstić information content (AvgIpc) is 3.04. The number of nitrogens with zero attached hydrogens (tertiary/aromatic N) is 3. The summed E-state index contributed by atoms with van der Waals surface area (Å²) in [6.07, 6.45) is 1.53. The fraction of sp³-hybridized carbons (Fsp3) is 0.0588. The van der Waals surface area contributed by atoms with E-state index in [4.69, 9.17) is 23.2 Å². The zero-order chi connectivity index (χ0) is 19.6. The summed E-state index contributed by atoms with van der Waals surface area (Å²) >= 11 is 15.2. The van der Waals surface area contributed by atoms with Crippen molar-refractivity contribution >= 4 is 56.5 Å². The Kier molecular flexibility index (Phi) is 5.79. The molecule has 0 atom stereocenters. The molecule has 10 heteroatoms. The van der Waals surface area contributed by atoms with E-state index in [1.807, 2.05) is 0 Å². The molecular formula is C17H11BrCl2N4O3. The molecule has 0 unspecified atom stereocenters. The molecule has 138 valence electrons. The predicted octanol–water partition coefficient (Wildman–Crippen LogP) is 5.16. The van der Waals surface area contributed by atoms with Gasteiger partial charge in [-0.25, -0.2) is 4.68 Å². The first kappa shape index (κ1) is 19.3. The minimum atomic E-state index is -0.562. The Morgan fingerprint density at radius 1 is 1.22 bits per heavy atom. The SMILES string of the molecule is O=C(Nc1ccnn1Cc1ccc(Cl)cc1Cl)c1ccc(Br)c([N+](=O)[O-])c1. The van der Waals surface area contributed by atoms with E-state index in [-0.39, 0.29) is 11.3 Å². The first-order valence-electron chi connectivity index (χ1n) is 7.56. The number of nitrogens with one attached hydrogen (secondary N) is 1. The molecule has 1 amide bonds. The van der Waals surface area contributed by atoms with Crippen LogP contribution in [-0.2, 0) is 6.54 Å². The zero-order valence-electron chi connectivity index (χ0n) is 13.5. The lowest BCUT2D eigenvalue weighted by Crippen LogP contribution is -2.16. The molecule has 0 spiro atoms.